The zero-order valence-electron chi connectivity index (χ0n) is 11.2. The van der Waals surface area contributed by atoms with E-state index in [9.17, 15) is 9.18 Å². The SMILES string of the molecule is O=C(CSC1CCCCC1)c1cc2cccc(F)c2o1. The number of ketones is 1. The molecule has 1 aromatic carbocycles. The van der Waals surface area contributed by atoms with Crippen molar-refractivity contribution in [1.29, 1.82) is 0 Å². The lowest BCUT2D eigenvalue weighted by Crippen LogP contribution is -2.11. The Kier molecular flexibility index (Phi) is 4.10. The molecule has 0 saturated heterocycles. The number of hydrogen-bond acceptors (Lipinski definition) is 3. The van der Waals surface area contributed by atoms with E-state index in [0.29, 0.717) is 16.4 Å². The van der Waals surface area contributed by atoms with Crippen molar-refractivity contribution in [2.24, 2.45) is 0 Å². The number of para-hydroxylation sites is 1. The molecule has 2 nitrogen and oxygen atoms in total. The van der Waals surface area contributed by atoms with Crippen molar-refractivity contribution in [2.75, 3.05) is 5.75 Å². The predicted molar refractivity (Wildman–Crippen MR) is 79.8 cm³/mol. The predicted octanol–water partition coefficient (Wildman–Crippen LogP) is 4.82. The van der Waals surface area contributed by atoms with Gasteiger partial charge in [0.15, 0.2) is 17.2 Å². The smallest absolute Gasteiger partial charge is 0.207 e. The van der Waals surface area contributed by atoms with E-state index in [0.717, 1.165) is 0 Å². The molecule has 3 rings (SSSR count). The molecule has 1 aliphatic carbocycles. The molecule has 106 valence electrons. The highest BCUT2D eigenvalue weighted by molar-refractivity contribution is 8.00. The van der Waals surface area contributed by atoms with Gasteiger partial charge in [-0.05, 0) is 25.0 Å². The lowest BCUT2D eigenvalue weighted by Gasteiger charge is -2.20. The lowest BCUT2D eigenvalue weighted by atomic mass is 10.0. The molecule has 20 heavy (non-hydrogen) atoms. The Morgan fingerprint density at radius 1 is 1.30 bits per heavy atom. The third-order valence-electron chi connectivity index (χ3n) is 3.77. The highest BCUT2D eigenvalue weighted by Crippen LogP contribution is 2.29. The first-order valence-corrected chi connectivity index (χ1v) is 8.12. The Labute approximate surface area is 121 Å². The average Bonchev–Trinajstić information content (AvgIpc) is 2.91. The van der Waals surface area contributed by atoms with Crippen molar-refractivity contribution in [3.05, 3.63) is 35.8 Å². The monoisotopic (exact) mass is 292 g/mol. The van der Waals surface area contributed by atoms with Crippen LogP contribution in [0.15, 0.2) is 28.7 Å². The first kappa shape index (κ1) is 13.7. The van der Waals surface area contributed by atoms with Crippen molar-refractivity contribution < 1.29 is 13.6 Å². The highest BCUT2D eigenvalue weighted by atomic mass is 32.2. The number of furan rings is 1. The first-order valence-electron chi connectivity index (χ1n) is 7.07. The zero-order valence-corrected chi connectivity index (χ0v) is 12.0. The normalized spacial score (nSPS) is 16.6. The summed E-state index contributed by atoms with van der Waals surface area (Å²) in [6.45, 7) is 0. The second-order valence-corrected chi connectivity index (χ2v) is 6.55. The topological polar surface area (TPSA) is 30.2 Å². The summed E-state index contributed by atoms with van der Waals surface area (Å²) in [5.74, 6) is 0.234. The van der Waals surface area contributed by atoms with E-state index < -0.39 is 5.82 Å². The van der Waals surface area contributed by atoms with Gasteiger partial charge in [-0.3, -0.25) is 4.79 Å². The van der Waals surface area contributed by atoms with Crippen molar-refractivity contribution in [2.45, 2.75) is 37.4 Å². The van der Waals surface area contributed by atoms with Crippen LogP contribution in [0.3, 0.4) is 0 Å². The van der Waals surface area contributed by atoms with E-state index in [1.165, 1.54) is 38.2 Å². The number of rotatable bonds is 4. The summed E-state index contributed by atoms with van der Waals surface area (Å²) in [5.41, 5.74) is 0.179. The molecule has 1 aliphatic rings. The average molecular weight is 292 g/mol. The Morgan fingerprint density at radius 2 is 2.10 bits per heavy atom. The molecule has 0 unspecified atom stereocenters. The Morgan fingerprint density at radius 3 is 2.85 bits per heavy atom. The minimum absolute atomic E-state index is 0.0452. The summed E-state index contributed by atoms with van der Waals surface area (Å²) in [6, 6.07) is 6.37. The zero-order chi connectivity index (χ0) is 13.9. The van der Waals surface area contributed by atoms with Crippen LogP contribution in [-0.4, -0.2) is 16.8 Å². The van der Waals surface area contributed by atoms with Crippen LogP contribution < -0.4 is 0 Å². The van der Waals surface area contributed by atoms with E-state index in [4.69, 9.17) is 4.42 Å². The van der Waals surface area contributed by atoms with Gasteiger partial charge >= 0.3 is 0 Å². The molecule has 1 fully saturated rings. The molecule has 0 aliphatic heterocycles. The van der Waals surface area contributed by atoms with Gasteiger partial charge in [0.25, 0.3) is 0 Å². The third kappa shape index (κ3) is 2.90. The van der Waals surface area contributed by atoms with E-state index in [2.05, 4.69) is 0 Å². The summed E-state index contributed by atoms with van der Waals surface area (Å²) < 4.78 is 18.9. The molecule has 0 atom stereocenters. The fourth-order valence-corrected chi connectivity index (χ4v) is 3.86. The van der Waals surface area contributed by atoms with Crippen LogP contribution in [0.2, 0.25) is 0 Å². The van der Waals surface area contributed by atoms with Gasteiger partial charge in [-0.1, -0.05) is 31.4 Å². The first-order chi connectivity index (χ1) is 9.74. The molecule has 0 bridgehead atoms. The minimum atomic E-state index is -0.415. The van der Waals surface area contributed by atoms with Gasteiger partial charge in [0.05, 0.1) is 5.75 Å². The molecular formula is C16H17FO2S. The number of halogens is 1. The van der Waals surface area contributed by atoms with Crippen molar-refractivity contribution in [3.8, 4) is 0 Å². The summed E-state index contributed by atoms with van der Waals surface area (Å²) in [7, 11) is 0. The van der Waals surface area contributed by atoms with E-state index in [1.54, 1.807) is 30.0 Å². The Bertz CT molecular complexity index is 614. The van der Waals surface area contributed by atoms with Crippen molar-refractivity contribution >= 4 is 28.5 Å². The molecular weight excluding hydrogens is 275 g/mol. The maximum atomic E-state index is 13.5. The number of benzene rings is 1. The Hall–Kier alpha value is -1.29. The maximum absolute atomic E-state index is 13.5. The maximum Gasteiger partial charge on any atom is 0.207 e. The molecule has 0 spiro atoms. The Balaban J connectivity index is 1.67. The van der Waals surface area contributed by atoms with Gasteiger partial charge in [-0.25, -0.2) is 4.39 Å². The number of hydrogen-bond donors (Lipinski definition) is 0. The summed E-state index contributed by atoms with van der Waals surface area (Å²) >= 11 is 1.71. The lowest BCUT2D eigenvalue weighted by molar-refractivity contribution is 0.0994. The van der Waals surface area contributed by atoms with Crippen LogP contribution in [0.5, 0.6) is 0 Å². The van der Waals surface area contributed by atoms with Crippen LogP contribution in [0.25, 0.3) is 11.0 Å². The molecule has 0 N–H and O–H groups in total. The number of Topliss-reactive ketones (excluding diaryl/α,β-unsaturated/α-hetero) is 1. The van der Waals surface area contributed by atoms with Crippen molar-refractivity contribution in [3.63, 3.8) is 0 Å². The fourth-order valence-electron chi connectivity index (χ4n) is 2.66. The van der Waals surface area contributed by atoms with E-state index in [-0.39, 0.29) is 17.1 Å². The highest BCUT2D eigenvalue weighted by Gasteiger charge is 2.18. The van der Waals surface area contributed by atoms with Gasteiger partial charge in [0.2, 0.25) is 5.78 Å². The second kappa shape index (κ2) is 6.00. The van der Waals surface area contributed by atoms with Gasteiger partial charge in [0.1, 0.15) is 0 Å². The van der Waals surface area contributed by atoms with Crippen LogP contribution in [0, 0.1) is 5.82 Å². The summed E-state index contributed by atoms with van der Waals surface area (Å²) in [6.07, 6.45) is 6.25. The van der Waals surface area contributed by atoms with E-state index in [1.807, 2.05) is 0 Å². The van der Waals surface area contributed by atoms with Gasteiger partial charge in [0, 0.05) is 10.6 Å². The molecule has 0 amide bonds. The number of thioether (sulfide) groups is 1. The second-order valence-electron chi connectivity index (χ2n) is 5.26. The summed E-state index contributed by atoms with van der Waals surface area (Å²) in [4.78, 5) is 12.1. The van der Waals surface area contributed by atoms with Crippen LogP contribution in [0.1, 0.15) is 42.7 Å². The molecule has 4 heteroatoms. The molecule has 1 saturated carbocycles. The van der Waals surface area contributed by atoms with Gasteiger partial charge in [-0.2, -0.15) is 11.8 Å². The van der Waals surface area contributed by atoms with Crippen LogP contribution >= 0.6 is 11.8 Å². The number of carbonyl (C=O) groups is 1. The summed E-state index contributed by atoms with van der Waals surface area (Å²) in [5, 5.41) is 1.24. The quantitative estimate of drug-likeness (QED) is 0.757. The largest absolute Gasteiger partial charge is 0.450 e. The molecule has 1 heterocycles. The fraction of sp³-hybridized carbons (Fsp3) is 0.438. The van der Waals surface area contributed by atoms with Gasteiger partial charge in [-0.15, -0.1) is 0 Å². The number of carbonyl (C=O) groups excluding carboxylic acids is 1. The molecule has 2 aromatic rings. The van der Waals surface area contributed by atoms with Crippen molar-refractivity contribution in [1.82, 2.24) is 0 Å². The van der Waals surface area contributed by atoms with Crippen LogP contribution in [0.4, 0.5) is 4.39 Å². The molecule has 1 aromatic heterocycles. The van der Waals surface area contributed by atoms with Gasteiger partial charge < -0.3 is 4.42 Å². The third-order valence-corrected chi connectivity index (χ3v) is 5.14. The van der Waals surface area contributed by atoms with E-state index >= 15 is 0 Å². The molecule has 0 radical (unpaired) electrons. The number of fused-ring (bicyclic) bond motifs is 1. The standard InChI is InChI=1S/C16H17FO2S/c17-13-8-4-5-11-9-15(19-16(11)13)14(18)10-20-12-6-2-1-3-7-12/h4-5,8-9,12H,1-3,6-7,10H2. The van der Waals surface area contributed by atoms with Crippen LogP contribution in [-0.2, 0) is 0 Å². The minimum Gasteiger partial charge on any atom is -0.450 e.